The van der Waals surface area contributed by atoms with Crippen molar-refractivity contribution in [1.29, 1.82) is 0 Å². The normalized spacial score (nSPS) is 41.4. The van der Waals surface area contributed by atoms with Crippen molar-refractivity contribution >= 4 is 29.4 Å². The van der Waals surface area contributed by atoms with E-state index in [2.05, 4.69) is 26.8 Å². The standard InChI is InChI=1S/C31H37NO6/c1-16(2)20-15-31-13-10-21-29(3,11-5-12-30(21,4)28(37)38)22(31)14-19(20)23-24(31)26(34)32(25(23)33)18-8-6-17(7-9-18)27(35)36/h6-9,15-16,19,21-24H,5,10-14H2,1-4H3,(H,35,36)(H,37,38)/t19-,21+,22-,23+,24+,29-,30+,31-/m0/s1. The van der Waals surface area contributed by atoms with E-state index in [1.165, 1.54) is 22.6 Å². The zero-order valence-corrected chi connectivity index (χ0v) is 22.6. The molecule has 2 bridgehead atoms. The number of amides is 2. The molecule has 0 aromatic heterocycles. The Bertz CT molecular complexity index is 1280. The average molecular weight is 520 g/mol. The number of imide groups is 1. The third-order valence-corrected chi connectivity index (χ3v) is 11.5. The average Bonchev–Trinajstić information content (AvgIpc) is 3.15. The number of anilines is 1. The minimum absolute atomic E-state index is 0.0393. The summed E-state index contributed by atoms with van der Waals surface area (Å²) in [6, 6.07) is 5.99. The first-order valence-corrected chi connectivity index (χ1v) is 14.0. The Morgan fingerprint density at radius 1 is 0.974 bits per heavy atom. The summed E-state index contributed by atoms with van der Waals surface area (Å²) in [5.41, 5.74) is 0.343. The van der Waals surface area contributed by atoms with Crippen LogP contribution in [0.2, 0.25) is 0 Å². The highest BCUT2D eigenvalue weighted by Crippen LogP contribution is 2.74. The number of allylic oxidation sites excluding steroid dienone is 2. The lowest BCUT2D eigenvalue weighted by Crippen LogP contribution is -2.65. The van der Waals surface area contributed by atoms with Crippen molar-refractivity contribution in [3.8, 4) is 0 Å². The maximum Gasteiger partial charge on any atom is 0.335 e. The summed E-state index contributed by atoms with van der Waals surface area (Å²) in [4.78, 5) is 53.5. The summed E-state index contributed by atoms with van der Waals surface area (Å²) < 4.78 is 0. The minimum Gasteiger partial charge on any atom is -0.481 e. The summed E-state index contributed by atoms with van der Waals surface area (Å²) in [6.07, 6.45) is 7.13. The fourth-order valence-corrected chi connectivity index (χ4v) is 9.97. The van der Waals surface area contributed by atoms with Gasteiger partial charge in [0.1, 0.15) is 0 Å². The Labute approximate surface area is 223 Å². The van der Waals surface area contributed by atoms with Crippen LogP contribution in [0.5, 0.6) is 0 Å². The molecule has 1 aromatic rings. The highest BCUT2D eigenvalue weighted by molar-refractivity contribution is 6.23. The van der Waals surface area contributed by atoms with E-state index < -0.39 is 34.6 Å². The first kappa shape index (κ1) is 25.3. The predicted octanol–water partition coefficient (Wildman–Crippen LogP) is 5.40. The summed E-state index contributed by atoms with van der Waals surface area (Å²) in [6.45, 7) is 8.51. The molecular formula is C31H37NO6. The van der Waals surface area contributed by atoms with E-state index >= 15 is 0 Å². The van der Waals surface area contributed by atoms with Crippen LogP contribution in [0.3, 0.4) is 0 Å². The number of benzene rings is 1. The molecular weight excluding hydrogens is 482 g/mol. The molecule has 0 unspecified atom stereocenters. The molecule has 6 aliphatic rings. The molecule has 1 saturated heterocycles. The number of nitrogens with zero attached hydrogens (tertiary/aromatic N) is 1. The molecule has 1 heterocycles. The number of aromatic carboxylic acids is 1. The number of carboxylic acids is 2. The zero-order valence-electron chi connectivity index (χ0n) is 22.6. The third-order valence-electron chi connectivity index (χ3n) is 11.5. The first-order valence-electron chi connectivity index (χ1n) is 14.0. The molecule has 3 saturated carbocycles. The molecule has 8 atom stereocenters. The fraction of sp³-hybridized carbons (Fsp3) is 0.613. The Hall–Kier alpha value is -2.96. The second-order valence-electron chi connectivity index (χ2n) is 13.3. The largest absolute Gasteiger partial charge is 0.481 e. The van der Waals surface area contributed by atoms with Gasteiger partial charge in [0.25, 0.3) is 0 Å². The highest BCUT2D eigenvalue weighted by atomic mass is 16.4. The van der Waals surface area contributed by atoms with Crippen LogP contribution >= 0.6 is 0 Å². The maximum atomic E-state index is 14.3. The van der Waals surface area contributed by atoms with E-state index in [0.29, 0.717) is 12.1 Å². The molecule has 4 fully saturated rings. The minimum atomic E-state index is -1.05. The first-order chi connectivity index (χ1) is 17.9. The summed E-state index contributed by atoms with van der Waals surface area (Å²) in [5, 5.41) is 19.6. The Balaban J connectivity index is 1.46. The topological polar surface area (TPSA) is 112 Å². The third kappa shape index (κ3) is 3.02. The molecule has 0 radical (unpaired) electrons. The molecule has 5 aliphatic carbocycles. The number of carboxylic acid groups (broad SMARTS) is 2. The van der Waals surface area contributed by atoms with Crippen molar-refractivity contribution < 1.29 is 29.4 Å². The van der Waals surface area contributed by atoms with Crippen molar-refractivity contribution in [1.82, 2.24) is 0 Å². The van der Waals surface area contributed by atoms with Gasteiger partial charge in [0.2, 0.25) is 11.8 Å². The highest BCUT2D eigenvalue weighted by Gasteiger charge is 2.73. The lowest BCUT2D eigenvalue weighted by atomic mass is 9.34. The van der Waals surface area contributed by atoms with Crippen LogP contribution in [0.15, 0.2) is 35.9 Å². The molecule has 202 valence electrons. The van der Waals surface area contributed by atoms with Gasteiger partial charge < -0.3 is 10.2 Å². The molecule has 7 rings (SSSR count). The van der Waals surface area contributed by atoms with E-state index in [4.69, 9.17) is 0 Å². The lowest BCUT2D eigenvalue weighted by molar-refractivity contribution is -0.194. The van der Waals surface area contributed by atoms with E-state index in [1.54, 1.807) is 12.1 Å². The second-order valence-corrected chi connectivity index (χ2v) is 13.3. The van der Waals surface area contributed by atoms with Crippen molar-refractivity contribution in [3.05, 3.63) is 41.5 Å². The van der Waals surface area contributed by atoms with Gasteiger partial charge in [-0.05, 0) is 92.4 Å². The zero-order chi connectivity index (χ0) is 27.4. The summed E-state index contributed by atoms with van der Waals surface area (Å²) in [7, 11) is 0. The molecule has 1 spiro atoms. The van der Waals surface area contributed by atoms with Gasteiger partial charge in [-0.25, -0.2) is 4.79 Å². The number of aliphatic carboxylic acids is 1. The van der Waals surface area contributed by atoms with Crippen LogP contribution in [0, 0.1) is 51.8 Å². The monoisotopic (exact) mass is 519 g/mol. The van der Waals surface area contributed by atoms with Crippen LogP contribution < -0.4 is 4.90 Å². The van der Waals surface area contributed by atoms with Gasteiger partial charge in [-0.15, -0.1) is 0 Å². The number of fused-ring (bicyclic) bond motifs is 1. The predicted molar refractivity (Wildman–Crippen MR) is 140 cm³/mol. The van der Waals surface area contributed by atoms with Gasteiger partial charge in [-0.2, -0.15) is 0 Å². The SMILES string of the molecule is CC(C)C1=C[C@@]23CC[C@@H]4[C@](C)(CCC[C@@]4(C)C(=O)O)[C@@H]2C[C@@H]1[C@H]1C(=O)N(c2ccc(C(=O)O)cc2)C(=O)[C@@H]13. The smallest absolute Gasteiger partial charge is 0.335 e. The number of carbonyl (C=O) groups is 4. The van der Waals surface area contributed by atoms with Gasteiger partial charge in [-0.1, -0.05) is 38.8 Å². The van der Waals surface area contributed by atoms with Crippen LogP contribution in [-0.2, 0) is 14.4 Å². The van der Waals surface area contributed by atoms with Gasteiger partial charge in [0.15, 0.2) is 0 Å². The summed E-state index contributed by atoms with van der Waals surface area (Å²) in [5.74, 6) is -2.62. The van der Waals surface area contributed by atoms with Crippen molar-refractivity contribution in [2.45, 2.75) is 66.2 Å². The van der Waals surface area contributed by atoms with Gasteiger partial charge in [0, 0.05) is 5.41 Å². The molecule has 1 aromatic carbocycles. The molecule has 2 N–H and O–H groups in total. The number of hydrogen-bond acceptors (Lipinski definition) is 4. The van der Waals surface area contributed by atoms with Crippen molar-refractivity contribution in [2.24, 2.45) is 51.8 Å². The lowest BCUT2D eigenvalue weighted by Gasteiger charge is -2.68. The van der Waals surface area contributed by atoms with Crippen LogP contribution in [0.25, 0.3) is 0 Å². The number of hydrogen-bond donors (Lipinski definition) is 2. The molecule has 38 heavy (non-hydrogen) atoms. The Kier molecular flexibility index (Phi) is 5.35. The van der Waals surface area contributed by atoms with Gasteiger partial charge >= 0.3 is 11.9 Å². The maximum absolute atomic E-state index is 14.3. The molecule has 1 aliphatic heterocycles. The molecule has 7 heteroatoms. The van der Waals surface area contributed by atoms with Crippen LogP contribution in [-0.4, -0.2) is 34.0 Å². The van der Waals surface area contributed by atoms with Crippen LogP contribution in [0.1, 0.15) is 76.6 Å². The Morgan fingerprint density at radius 3 is 2.26 bits per heavy atom. The van der Waals surface area contributed by atoms with E-state index in [1.807, 2.05) is 6.92 Å². The molecule has 7 nitrogen and oxygen atoms in total. The van der Waals surface area contributed by atoms with Crippen LogP contribution in [0.4, 0.5) is 5.69 Å². The van der Waals surface area contributed by atoms with E-state index in [-0.39, 0.29) is 46.5 Å². The van der Waals surface area contributed by atoms with Gasteiger partial charge in [-0.3, -0.25) is 19.3 Å². The summed E-state index contributed by atoms with van der Waals surface area (Å²) >= 11 is 0. The van der Waals surface area contributed by atoms with Gasteiger partial charge in [0.05, 0.1) is 28.5 Å². The van der Waals surface area contributed by atoms with E-state index in [9.17, 15) is 29.4 Å². The second kappa shape index (κ2) is 8.03. The fourth-order valence-electron chi connectivity index (χ4n) is 9.97. The number of rotatable bonds is 4. The molecule has 2 amide bonds. The quantitative estimate of drug-likeness (QED) is 0.407. The Morgan fingerprint density at radius 2 is 1.66 bits per heavy atom. The van der Waals surface area contributed by atoms with Crippen molar-refractivity contribution in [3.63, 3.8) is 0 Å². The van der Waals surface area contributed by atoms with Crippen molar-refractivity contribution in [2.75, 3.05) is 4.90 Å². The number of carbonyl (C=O) groups excluding carboxylic acids is 2. The van der Waals surface area contributed by atoms with E-state index in [0.717, 1.165) is 32.1 Å².